The number of nitriles is 1. The van der Waals surface area contributed by atoms with Crippen LogP contribution in [0.15, 0.2) is 18.2 Å². The van der Waals surface area contributed by atoms with Gasteiger partial charge in [-0.15, -0.1) is 11.6 Å². The zero-order valence-corrected chi connectivity index (χ0v) is 12.3. The summed E-state index contributed by atoms with van der Waals surface area (Å²) in [7, 11) is 0. The number of imidazole rings is 1. The third kappa shape index (κ3) is 2.33. The molecule has 0 radical (unpaired) electrons. The lowest BCUT2D eigenvalue weighted by Gasteiger charge is -2.22. The number of alkyl halides is 1. The van der Waals surface area contributed by atoms with Crippen LogP contribution in [0.25, 0.3) is 11.0 Å². The highest BCUT2D eigenvalue weighted by Crippen LogP contribution is 2.29. The molecule has 0 N–H and O–H groups in total. The van der Waals surface area contributed by atoms with Crippen LogP contribution in [0.2, 0.25) is 0 Å². The van der Waals surface area contributed by atoms with E-state index in [0.29, 0.717) is 23.4 Å². The molecule has 2 atom stereocenters. The number of nitrogens with zero attached hydrogens (tertiary/aromatic N) is 3. The van der Waals surface area contributed by atoms with E-state index < -0.39 is 0 Å². The molecule has 2 rings (SSSR count). The highest BCUT2D eigenvalue weighted by molar-refractivity contribution is 6.16. The lowest BCUT2D eigenvalue weighted by molar-refractivity contribution is 0.371. The molecule has 0 aliphatic heterocycles. The minimum atomic E-state index is 0.317. The number of para-hydroxylation sites is 1. The maximum Gasteiger partial charge on any atom is 0.125 e. The first-order chi connectivity index (χ1) is 9.13. The second kappa shape index (κ2) is 5.63. The standard InChI is InChI=1S/C15H18ClN3/c1-4-10(2)11(3)19-13-7-5-6-12(9-17)15(13)18-14(19)8-16/h5-7,10-11H,4,8H2,1-3H3. The Kier molecular flexibility index (Phi) is 4.11. The summed E-state index contributed by atoms with van der Waals surface area (Å²) in [6, 6.07) is 8.23. The molecule has 0 spiro atoms. The van der Waals surface area contributed by atoms with Gasteiger partial charge in [-0.25, -0.2) is 4.98 Å². The molecule has 3 nitrogen and oxygen atoms in total. The fourth-order valence-corrected chi connectivity index (χ4v) is 2.59. The molecule has 2 aromatic rings. The van der Waals surface area contributed by atoms with Crippen LogP contribution in [0.5, 0.6) is 0 Å². The maximum atomic E-state index is 9.17. The van der Waals surface area contributed by atoms with E-state index in [1.807, 2.05) is 12.1 Å². The lowest BCUT2D eigenvalue weighted by Crippen LogP contribution is -2.15. The average molecular weight is 276 g/mol. The number of rotatable bonds is 4. The summed E-state index contributed by atoms with van der Waals surface area (Å²) in [5.41, 5.74) is 2.37. The summed E-state index contributed by atoms with van der Waals surface area (Å²) < 4.78 is 2.18. The highest BCUT2D eigenvalue weighted by Gasteiger charge is 2.20. The first-order valence-electron chi connectivity index (χ1n) is 6.59. The van der Waals surface area contributed by atoms with Gasteiger partial charge in [-0.3, -0.25) is 0 Å². The average Bonchev–Trinajstić information content (AvgIpc) is 2.83. The Bertz CT molecular complexity index is 624. The van der Waals surface area contributed by atoms with Gasteiger partial charge in [0.2, 0.25) is 0 Å². The number of halogens is 1. The number of hydrogen-bond donors (Lipinski definition) is 0. The van der Waals surface area contributed by atoms with Gasteiger partial charge in [0.15, 0.2) is 0 Å². The monoisotopic (exact) mass is 275 g/mol. The van der Waals surface area contributed by atoms with E-state index in [1.54, 1.807) is 6.07 Å². The Morgan fingerprint density at radius 3 is 2.74 bits per heavy atom. The van der Waals surface area contributed by atoms with Gasteiger partial charge in [0.1, 0.15) is 17.4 Å². The highest BCUT2D eigenvalue weighted by atomic mass is 35.5. The van der Waals surface area contributed by atoms with Crippen LogP contribution in [0.1, 0.15) is 44.6 Å². The van der Waals surface area contributed by atoms with Crippen LogP contribution in [-0.2, 0) is 5.88 Å². The molecular weight excluding hydrogens is 258 g/mol. The van der Waals surface area contributed by atoms with Gasteiger partial charge < -0.3 is 4.57 Å². The number of fused-ring (bicyclic) bond motifs is 1. The third-order valence-corrected chi connectivity index (χ3v) is 4.15. The van der Waals surface area contributed by atoms with Gasteiger partial charge in [-0.1, -0.05) is 26.3 Å². The molecule has 0 aliphatic carbocycles. The van der Waals surface area contributed by atoms with Gasteiger partial charge >= 0.3 is 0 Å². The van der Waals surface area contributed by atoms with E-state index in [4.69, 9.17) is 11.6 Å². The van der Waals surface area contributed by atoms with E-state index in [2.05, 4.69) is 36.4 Å². The number of benzene rings is 1. The molecule has 0 fully saturated rings. The zero-order valence-electron chi connectivity index (χ0n) is 11.5. The number of aromatic nitrogens is 2. The summed E-state index contributed by atoms with van der Waals surface area (Å²) in [5.74, 6) is 1.73. The first kappa shape index (κ1) is 13.9. The quantitative estimate of drug-likeness (QED) is 0.783. The molecule has 2 unspecified atom stereocenters. The van der Waals surface area contributed by atoms with Crippen LogP contribution in [-0.4, -0.2) is 9.55 Å². The van der Waals surface area contributed by atoms with E-state index in [-0.39, 0.29) is 0 Å². The van der Waals surface area contributed by atoms with Gasteiger partial charge in [-0.05, 0) is 25.0 Å². The summed E-state index contributed by atoms with van der Waals surface area (Å²) >= 11 is 6.02. The molecule has 100 valence electrons. The van der Waals surface area contributed by atoms with Crippen molar-refractivity contribution in [3.8, 4) is 6.07 Å². The van der Waals surface area contributed by atoms with Crippen LogP contribution in [0.3, 0.4) is 0 Å². The van der Waals surface area contributed by atoms with Crippen LogP contribution in [0, 0.1) is 17.2 Å². The van der Waals surface area contributed by atoms with Crippen molar-refractivity contribution in [3.63, 3.8) is 0 Å². The van der Waals surface area contributed by atoms with Crippen molar-refractivity contribution in [2.24, 2.45) is 5.92 Å². The van der Waals surface area contributed by atoms with Gasteiger partial charge in [0.05, 0.1) is 17.0 Å². The molecule has 0 saturated heterocycles. The Balaban J connectivity index is 2.69. The predicted octanol–water partition coefficient (Wildman–Crippen LogP) is 4.25. The summed E-state index contributed by atoms with van der Waals surface area (Å²) in [6.07, 6.45) is 1.10. The summed E-state index contributed by atoms with van der Waals surface area (Å²) in [5, 5.41) is 9.17. The van der Waals surface area contributed by atoms with E-state index in [1.165, 1.54) is 0 Å². The molecule has 0 amide bonds. The normalized spacial score (nSPS) is 14.3. The fourth-order valence-electron chi connectivity index (χ4n) is 2.40. The summed E-state index contributed by atoms with van der Waals surface area (Å²) in [6.45, 7) is 6.59. The van der Waals surface area contributed by atoms with Crippen molar-refractivity contribution in [3.05, 3.63) is 29.6 Å². The molecule has 0 aliphatic rings. The van der Waals surface area contributed by atoms with E-state index in [0.717, 1.165) is 23.3 Å². The number of hydrogen-bond acceptors (Lipinski definition) is 2. The topological polar surface area (TPSA) is 41.6 Å². The van der Waals surface area contributed by atoms with Crippen molar-refractivity contribution in [1.82, 2.24) is 9.55 Å². The predicted molar refractivity (Wildman–Crippen MR) is 78.2 cm³/mol. The van der Waals surface area contributed by atoms with Crippen molar-refractivity contribution >= 4 is 22.6 Å². The van der Waals surface area contributed by atoms with Crippen LogP contribution in [0.4, 0.5) is 0 Å². The maximum absolute atomic E-state index is 9.17. The molecule has 1 aromatic heterocycles. The smallest absolute Gasteiger partial charge is 0.125 e. The molecule has 0 saturated carbocycles. The van der Waals surface area contributed by atoms with Crippen LogP contribution >= 0.6 is 11.6 Å². The van der Waals surface area contributed by atoms with Crippen LogP contribution < -0.4 is 0 Å². The molecule has 1 heterocycles. The SMILES string of the molecule is CCC(C)C(C)n1c(CCl)nc2c(C#N)cccc21. The largest absolute Gasteiger partial charge is 0.324 e. The fraction of sp³-hybridized carbons (Fsp3) is 0.467. The van der Waals surface area contributed by atoms with E-state index >= 15 is 0 Å². The van der Waals surface area contributed by atoms with E-state index in [9.17, 15) is 5.26 Å². The molecule has 4 heteroatoms. The Labute approximate surface area is 118 Å². The Hall–Kier alpha value is -1.53. The second-order valence-electron chi connectivity index (χ2n) is 4.94. The van der Waals surface area contributed by atoms with Gasteiger partial charge in [0, 0.05) is 6.04 Å². The molecule has 0 bridgehead atoms. The third-order valence-electron chi connectivity index (χ3n) is 3.91. The second-order valence-corrected chi connectivity index (χ2v) is 5.21. The van der Waals surface area contributed by atoms with Crippen molar-refractivity contribution in [2.75, 3.05) is 0 Å². The Morgan fingerprint density at radius 2 is 2.16 bits per heavy atom. The molecular formula is C15H18ClN3. The molecule has 19 heavy (non-hydrogen) atoms. The summed E-state index contributed by atoms with van der Waals surface area (Å²) in [4.78, 5) is 4.55. The van der Waals surface area contributed by atoms with Crippen molar-refractivity contribution < 1.29 is 0 Å². The minimum Gasteiger partial charge on any atom is -0.324 e. The zero-order chi connectivity index (χ0) is 14.0. The van der Waals surface area contributed by atoms with Crippen molar-refractivity contribution in [1.29, 1.82) is 5.26 Å². The van der Waals surface area contributed by atoms with Gasteiger partial charge in [-0.2, -0.15) is 5.26 Å². The molecule has 1 aromatic carbocycles. The first-order valence-corrected chi connectivity index (χ1v) is 7.13. The lowest BCUT2D eigenvalue weighted by atomic mass is 10.0. The van der Waals surface area contributed by atoms with Gasteiger partial charge in [0.25, 0.3) is 0 Å². The minimum absolute atomic E-state index is 0.317. The van der Waals surface area contributed by atoms with Crippen molar-refractivity contribution in [2.45, 2.75) is 39.1 Å². The Morgan fingerprint density at radius 1 is 1.42 bits per heavy atom.